The standard InChI is InChI=1S/C47H52FN11O5/c48-32-11-6-10-31(28-32)36-15-9-23-57(36)41-19-18-39-51-29-38(59(39)54-41)34-13-8-16-40(52-34)56-26-24-55(25-27-56)30-43(61)50-22-5-3-1-2-4-21-49-35-14-7-12-33-44(35)47(64)58(46(33)63)37-17-20-42(60)53-45(37)62/h6-8,10-14,16,18-19,28-29,36-37,49H,1-5,9,15,17,20-27,30H2,(H,50,61)(H,53,60,62). The van der Waals surface area contributed by atoms with E-state index in [0.717, 1.165) is 117 Å². The van der Waals surface area contributed by atoms with Gasteiger partial charge in [0.1, 0.15) is 29.2 Å². The first-order valence-electron chi connectivity index (χ1n) is 22.4. The second-order valence-corrected chi connectivity index (χ2v) is 16.9. The third kappa shape index (κ3) is 9.02. The Balaban J connectivity index is 0.682. The molecule has 3 N–H and O–H groups in total. The van der Waals surface area contributed by atoms with Crippen molar-refractivity contribution in [1.29, 1.82) is 0 Å². The summed E-state index contributed by atoms with van der Waals surface area (Å²) in [7, 11) is 0. The van der Waals surface area contributed by atoms with Gasteiger partial charge in [-0.1, -0.05) is 43.5 Å². The van der Waals surface area contributed by atoms with Crippen molar-refractivity contribution >= 4 is 52.5 Å². The van der Waals surface area contributed by atoms with Crippen LogP contribution in [0.1, 0.15) is 90.1 Å². The van der Waals surface area contributed by atoms with Gasteiger partial charge in [-0.3, -0.25) is 39.1 Å². The lowest BCUT2D eigenvalue weighted by molar-refractivity contribution is -0.136. The largest absolute Gasteiger partial charge is 0.384 e. The van der Waals surface area contributed by atoms with Gasteiger partial charge in [0.2, 0.25) is 17.7 Å². The number of carbonyl (C=O) groups excluding carboxylic acids is 5. The summed E-state index contributed by atoms with van der Waals surface area (Å²) >= 11 is 0. The van der Waals surface area contributed by atoms with E-state index in [-0.39, 0.29) is 41.7 Å². The van der Waals surface area contributed by atoms with Crippen LogP contribution >= 0.6 is 0 Å². The zero-order valence-corrected chi connectivity index (χ0v) is 35.7. The van der Waals surface area contributed by atoms with Crippen molar-refractivity contribution in [3.05, 3.63) is 102 Å². The zero-order chi connectivity index (χ0) is 44.2. The lowest BCUT2D eigenvalue weighted by Crippen LogP contribution is -2.54. The topological polar surface area (TPSA) is 177 Å². The van der Waals surface area contributed by atoms with E-state index < -0.39 is 29.7 Å². The first-order chi connectivity index (χ1) is 31.2. The van der Waals surface area contributed by atoms with Crippen LogP contribution in [0.25, 0.3) is 17.0 Å². The molecule has 332 valence electrons. The average Bonchev–Trinajstić information content (AvgIpc) is 4.03. The van der Waals surface area contributed by atoms with Crippen molar-refractivity contribution in [2.75, 3.05) is 67.5 Å². The molecule has 2 unspecified atom stereocenters. The van der Waals surface area contributed by atoms with Crippen molar-refractivity contribution in [3.8, 4) is 11.4 Å². The van der Waals surface area contributed by atoms with Gasteiger partial charge in [-0.15, -0.1) is 5.10 Å². The number of piperidine rings is 1. The molecular formula is C47H52FN11O5. The predicted octanol–water partition coefficient (Wildman–Crippen LogP) is 4.97. The van der Waals surface area contributed by atoms with Crippen LogP contribution < -0.4 is 25.8 Å². The maximum absolute atomic E-state index is 14.1. The van der Waals surface area contributed by atoms with Crippen molar-refractivity contribution in [1.82, 2.24) is 40.0 Å². The summed E-state index contributed by atoms with van der Waals surface area (Å²) in [6, 6.07) is 20.9. The van der Waals surface area contributed by atoms with Crippen LogP contribution in [-0.2, 0) is 14.4 Å². The number of anilines is 3. The molecule has 4 aliphatic heterocycles. The van der Waals surface area contributed by atoms with Gasteiger partial charge in [0, 0.05) is 57.9 Å². The first-order valence-corrected chi connectivity index (χ1v) is 22.4. The van der Waals surface area contributed by atoms with E-state index in [1.165, 1.54) is 6.07 Å². The minimum absolute atomic E-state index is 0.0213. The molecule has 0 saturated carbocycles. The maximum Gasteiger partial charge on any atom is 0.264 e. The SMILES string of the molecule is O=C(CN1CCN(c2cccc(-c3cnc4ccc(N5CCCC5c5cccc(F)c5)nn34)n2)CC1)NCCCCCCCNc1cccc2c1C(=O)N(C1CCC(=O)NC1=O)C2=O. The number of amides is 5. The molecule has 5 aromatic rings. The summed E-state index contributed by atoms with van der Waals surface area (Å²) in [5.41, 5.74) is 4.32. The number of nitrogens with one attached hydrogen (secondary N) is 3. The van der Waals surface area contributed by atoms with Gasteiger partial charge in [0.05, 0.1) is 35.6 Å². The van der Waals surface area contributed by atoms with Gasteiger partial charge in [0.25, 0.3) is 11.8 Å². The molecule has 3 fully saturated rings. The summed E-state index contributed by atoms with van der Waals surface area (Å²) in [6.07, 6.45) is 8.59. The lowest BCUT2D eigenvalue weighted by atomic mass is 10.0. The normalized spacial score (nSPS) is 19.1. The molecule has 16 nitrogen and oxygen atoms in total. The van der Waals surface area contributed by atoms with Crippen LogP contribution in [0.4, 0.5) is 21.7 Å². The van der Waals surface area contributed by atoms with E-state index in [9.17, 15) is 28.4 Å². The average molecular weight is 870 g/mol. The number of pyridine rings is 1. The molecular weight excluding hydrogens is 818 g/mol. The minimum Gasteiger partial charge on any atom is -0.384 e. The van der Waals surface area contributed by atoms with E-state index in [0.29, 0.717) is 25.3 Å². The van der Waals surface area contributed by atoms with Crippen LogP contribution in [-0.4, -0.2) is 117 Å². The molecule has 7 heterocycles. The number of fused-ring (bicyclic) bond motifs is 2. The number of nitrogens with zero attached hydrogens (tertiary/aromatic N) is 8. The van der Waals surface area contributed by atoms with Crippen LogP contribution in [0.5, 0.6) is 0 Å². The summed E-state index contributed by atoms with van der Waals surface area (Å²) in [5.74, 6) is -0.607. The smallest absolute Gasteiger partial charge is 0.264 e. The summed E-state index contributed by atoms with van der Waals surface area (Å²) in [6.45, 7) is 5.38. The highest BCUT2D eigenvalue weighted by Gasteiger charge is 2.45. The molecule has 5 amide bonds. The van der Waals surface area contributed by atoms with Crippen LogP contribution in [0.3, 0.4) is 0 Å². The molecule has 3 aromatic heterocycles. The van der Waals surface area contributed by atoms with Gasteiger partial charge in [-0.05, 0) is 86.2 Å². The van der Waals surface area contributed by atoms with E-state index >= 15 is 0 Å². The van der Waals surface area contributed by atoms with E-state index in [1.54, 1.807) is 36.5 Å². The summed E-state index contributed by atoms with van der Waals surface area (Å²) in [4.78, 5) is 80.5. The molecule has 2 atom stereocenters. The Hall–Kier alpha value is -6.75. The van der Waals surface area contributed by atoms with Crippen LogP contribution in [0, 0.1) is 5.82 Å². The second-order valence-electron chi connectivity index (χ2n) is 16.9. The van der Waals surface area contributed by atoms with Crippen molar-refractivity contribution in [2.45, 2.75) is 69.9 Å². The monoisotopic (exact) mass is 869 g/mol. The Bertz CT molecular complexity index is 2580. The number of piperazine rings is 1. The van der Waals surface area contributed by atoms with Crippen molar-refractivity contribution < 1.29 is 28.4 Å². The highest BCUT2D eigenvalue weighted by atomic mass is 19.1. The fourth-order valence-corrected chi connectivity index (χ4v) is 9.32. The van der Waals surface area contributed by atoms with Gasteiger partial charge < -0.3 is 20.4 Å². The Morgan fingerprint density at radius 1 is 0.797 bits per heavy atom. The molecule has 0 bridgehead atoms. The number of aromatic nitrogens is 4. The number of carbonyl (C=O) groups is 5. The molecule has 9 rings (SSSR count). The first kappa shape index (κ1) is 42.5. The maximum atomic E-state index is 14.1. The Labute approximate surface area is 370 Å². The van der Waals surface area contributed by atoms with Gasteiger partial charge >= 0.3 is 0 Å². The molecule has 0 radical (unpaired) electrons. The number of imide groups is 2. The van der Waals surface area contributed by atoms with Crippen LogP contribution in [0.15, 0.2) is 79.0 Å². The van der Waals surface area contributed by atoms with Crippen molar-refractivity contribution in [3.63, 3.8) is 0 Å². The summed E-state index contributed by atoms with van der Waals surface area (Å²) in [5, 5.41) is 13.6. The van der Waals surface area contributed by atoms with Crippen LogP contribution in [0.2, 0.25) is 0 Å². The quantitative estimate of drug-likeness (QED) is 0.0898. The number of unbranched alkanes of at least 4 members (excludes halogenated alkanes) is 4. The highest BCUT2D eigenvalue weighted by molar-refractivity contribution is 6.25. The third-order valence-corrected chi connectivity index (χ3v) is 12.6. The van der Waals surface area contributed by atoms with E-state index in [2.05, 4.69) is 35.6 Å². The highest BCUT2D eigenvalue weighted by Crippen LogP contribution is 2.36. The number of rotatable bonds is 16. The number of hydrogen-bond acceptors (Lipinski definition) is 12. The van der Waals surface area contributed by atoms with Crippen molar-refractivity contribution in [2.24, 2.45) is 0 Å². The second kappa shape index (κ2) is 18.9. The molecule has 17 heteroatoms. The molecule has 2 aromatic carbocycles. The molecule has 0 aliphatic carbocycles. The van der Waals surface area contributed by atoms with Gasteiger partial charge in [-0.25, -0.2) is 18.9 Å². The fourth-order valence-electron chi connectivity index (χ4n) is 9.32. The Morgan fingerprint density at radius 2 is 1.59 bits per heavy atom. The molecule has 0 spiro atoms. The number of benzene rings is 2. The van der Waals surface area contributed by atoms with E-state index in [4.69, 9.17) is 10.1 Å². The third-order valence-electron chi connectivity index (χ3n) is 12.6. The number of imidazole rings is 1. The Kier molecular flexibility index (Phi) is 12.6. The molecule has 4 aliphatic rings. The number of halogens is 1. The van der Waals surface area contributed by atoms with Gasteiger partial charge in [-0.2, -0.15) is 0 Å². The van der Waals surface area contributed by atoms with E-state index in [1.807, 2.05) is 40.9 Å². The predicted molar refractivity (Wildman–Crippen MR) is 238 cm³/mol. The zero-order valence-electron chi connectivity index (χ0n) is 35.7. The Morgan fingerprint density at radius 3 is 2.42 bits per heavy atom. The van der Waals surface area contributed by atoms with Gasteiger partial charge in [0.15, 0.2) is 5.65 Å². The minimum atomic E-state index is -0.996. The number of hydrogen-bond donors (Lipinski definition) is 3. The summed E-state index contributed by atoms with van der Waals surface area (Å²) < 4.78 is 15.9. The molecule has 64 heavy (non-hydrogen) atoms. The lowest BCUT2D eigenvalue weighted by Gasteiger charge is -2.35. The fraction of sp³-hybridized carbons (Fsp3) is 0.404. The molecule has 3 saturated heterocycles.